The molecule has 0 atom stereocenters. The topological polar surface area (TPSA) is 41.1 Å². The minimum absolute atomic E-state index is 0.941. The SMILES string of the molecule is CCCc1nc(NC)c(C)c(SCCN(C)C)n1. The summed E-state index contributed by atoms with van der Waals surface area (Å²) in [6.07, 6.45) is 2.02. The van der Waals surface area contributed by atoms with Crippen molar-refractivity contribution in [1.82, 2.24) is 14.9 Å². The van der Waals surface area contributed by atoms with Crippen molar-refractivity contribution in [2.24, 2.45) is 0 Å². The molecule has 0 fully saturated rings. The average Bonchev–Trinajstić information content (AvgIpc) is 2.32. The van der Waals surface area contributed by atoms with E-state index in [0.717, 1.165) is 47.4 Å². The lowest BCUT2D eigenvalue weighted by molar-refractivity contribution is 0.437. The van der Waals surface area contributed by atoms with Crippen LogP contribution in [-0.4, -0.2) is 48.3 Å². The first-order valence-electron chi connectivity index (χ1n) is 6.41. The predicted molar refractivity (Wildman–Crippen MR) is 79.6 cm³/mol. The van der Waals surface area contributed by atoms with E-state index in [2.05, 4.69) is 48.1 Å². The van der Waals surface area contributed by atoms with E-state index in [1.807, 2.05) is 18.8 Å². The molecule has 0 saturated carbocycles. The number of anilines is 1. The van der Waals surface area contributed by atoms with Gasteiger partial charge in [0.15, 0.2) is 0 Å². The second-order valence-electron chi connectivity index (χ2n) is 4.57. The van der Waals surface area contributed by atoms with Gasteiger partial charge < -0.3 is 10.2 Å². The first kappa shape index (κ1) is 15.2. The molecule has 5 heteroatoms. The largest absolute Gasteiger partial charge is 0.373 e. The summed E-state index contributed by atoms with van der Waals surface area (Å²) in [6.45, 7) is 5.30. The molecule has 1 rings (SSSR count). The van der Waals surface area contributed by atoms with Gasteiger partial charge in [-0.1, -0.05) is 6.92 Å². The van der Waals surface area contributed by atoms with Crippen molar-refractivity contribution in [2.75, 3.05) is 38.8 Å². The Balaban J connectivity index is 2.83. The molecule has 0 aliphatic heterocycles. The molecule has 0 radical (unpaired) electrons. The van der Waals surface area contributed by atoms with Gasteiger partial charge in [-0.15, -0.1) is 11.8 Å². The summed E-state index contributed by atoms with van der Waals surface area (Å²) >= 11 is 1.81. The number of thioether (sulfide) groups is 1. The summed E-state index contributed by atoms with van der Waals surface area (Å²) in [6, 6.07) is 0. The van der Waals surface area contributed by atoms with Crippen LogP contribution in [0.5, 0.6) is 0 Å². The van der Waals surface area contributed by atoms with Crippen molar-refractivity contribution in [3.05, 3.63) is 11.4 Å². The van der Waals surface area contributed by atoms with Gasteiger partial charge in [-0.25, -0.2) is 9.97 Å². The molecule has 1 aromatic heterocycles. The number of nitrogens with one attached hydrogen (secondary N) is 1. The van der Waals surface area contributed by atoms with E-state index < -0.39 is 0 Å². The van der Waals surface area contributed by atoms with Gasteiger partial charge in [0.1, 0.15) is 16.7 Å². The van der Waals surface area contributed by atoms with Crippen LogP contribution in [-0.2, 0) is 6.42 Å². The molecular formula is C13H24N4S. The maximum atomic E-state index is 4.66. The molecule has 0 spiro atoms. The van der Waals surface area contributed by atoms with Crippen LogP contribution in [0.15, 0.2) is 5.03 Å². The Morgan fingerprint density at radius 1 is 1.28 bits per heavy atom. The molecule has 102 valence electrons. The van der Waals surface area contributed by atoms with Crippen LogP contribution in [0.4, 0.5) is 5.82 Å². The lowest BCUT2D eigenvalue weighted by Crippen LogP contribution is -2.15. The molecule has 0 aromatic carbocycles. The monoisotopic (exact) mass is 268 g/mol. The molecule has 4 nitrogen and oxygen atoms in total. The number of nitrogens with zero attached hydrogens (tertiary/aromatic N) is 3. The van der Waals surface area contributed by atoms with E-state index in [1.54, 1.807) is 0 Å². The van der Waals surface area contributed by atoms with E-state index in [9.17, 15) is 0 Å². The molecule has 0 unspecified atom stereocenters. The summed E-state index contributed by atoms with van der Waals surface area (Å²) in [5.74, 6) is 2.96. The predicted octanol–water partition coefficient (Wildman–Crippen LogP) is 2.43. The summed E-state index contributed by atoms with van der Waals surface area (Å²) < 4.78 is 0. The highest BCUT2D eigenvalue weighted by Gasteiger charge is 2.10. The third-order valence-corrected chi connectivity index (χ3v) is 3.69. The molecule has 1 N–H and O–H groups in total. The van der Waals surface area contributed by atoms with Crippen molar-refractivity contribution in [1.29, 1.82) is 0 Å². The fraction of sp³-hybridized carbons (Fsp3) is 0.692. The Hall–Kier alpha value is -0.810. The van der Waals surface area contributed by atoms with Crippen LogP contribution >= 0.6 is 11.8 Å². The van der Waals surface area contributed by atoms with Crippen LogP contribution in [0.3, 0.4) is 0 Å². The Bertz CT molecular complexity index is 379. The minimum atomic E-state index is 0.941. The fourth-order valence-electron chi connectivity index (χ4n) is 1.58. The van der Waals surface area contributed by atoms with Crippen LogP contribution < -0.4 is 5.32 Å². The Labute approximate surface area is 115 Å². The van der Waals surface area contributed by atoms with E-state index in [1.165, 1.54) is 0 Å². The fourth-order valence-corrected chi connectivity index (χ4v) is 2.72. The normalized spacial score (nSPS) is 11.0. The second kappa shape index (κ2) is 7.59. The molecule has 0 aliphatic carbocycles. The standard InChI is InChI=1S/C13H24N4S/c1-6-7-11-15-12(14-3)10(2)13(16-11)18-9-8-17(4)5/h6-9H2,1-5H3,(H,14,15,16). The third-order valence-electron chi connectivity index (χ3n) is 2.64. The molecule has 0 amide bonds. The number of rotatable bonds is 7. The van der Waals surface area contributed by atoms with E-state index in [4.69, 9.17) is 0 Å². The summed E-state index contributed by atoms with van der Waals surface area (Å²) in [5, 5.41) is 4.27. The zero-order valence-corrected chi connectivity index (χ0v) is 12.9. The smallest absolute Gasteiger partial charge is 0.133 e. The average molecular weight is 268 g/mol. The van der Waals surface area contributed by atoms with Crippen molar-refractivity contribution in [3.63, 3.8) is 0 Å². The van der Waals surface area contributed by atoms with E-state index in [-0.39, 0.29) is 0 Å². The quantitative estimate of drug-likeness (QED) is 0.607. The zero-order chi connectivity index (χ0) is 13.5. The lowest BCUT2D eigenvalue weighted by atomic mass is 10.3. The van der Waals surface area contributed by atoms with Crippen LogP contribution in [0.2, 0.25) is 0 Å². The number of aromatic nitrogens is 2. The van der Waals surface area contributed by atoms with Crippen molar-refractivity contribution in [3.8, 4) is 0 Å². The molecule has 0 saturated heterocycles. The minimum Gasteiger partial charge on any atom is -0.373 e. The number of aryl methyl sites for hydroxylation is 1. The van der Waals surface area contributed by atoms with Gasteiger partial charge in [-0.3, -0.25) is 0 Å². The first-order valence-corrected chi connectivity index (χ1v) is 7.39. The summed E-state index contributed by atoms with van der Waals surface area (Å²) in [4.78, 5) is 11.4. The molecular weight excluding hydrogens is 244 g/mol. The summed E-state index contributed by atoms with van der Waals surface area (Å²) in [7, 11) is 6.10. The van der Waals surface area contributed by atoms with Gasteiger partial charge in [-0.05, 0) is 27.4 Å². The van der Waals surface area contributed by atoms with Gasteiger partial charge in [0.2, 0.25) is 0 Å². The van der Waals surface area contributed by atoms with E-state index >= 15 is 0 Å². The Morgan fingerprint density at radius 3 is 2.56 bits per heavy atom. The number of hydrogen-bond donors (Lipinski definition) is 1. The Kier molecular flexibility index (Phi) is 6.43. The number of hydrogen-bond acceptors (Lipinski definition) is 5. The van der Waals surface area contributed by atoms with Gasteiger partial charge >= 0.3 is 0 Å². The van der Waals surface area contributed by atoms with Crippen LogP contribution in [0, 0.1) is 6.92 Å². The van der Waals surface area contributed by atoms with Gasteiger partial charge in [0.25, 0.3) is 0 Å². The van der Waals surface area contributed by atoms with Crippen molar-refractivity contribution in [2.45, 2.75) is 31.7 Å². The lowest BCUT2D eigenvalue weighted by Gasteiger charge is -2.13. The highest BCUT2D eigenvalue weighted by atomic mass is 32.2. The molecule has 0 bridgehead atoms. The molecule has 1 heterocycles. The first-order chi connectivity index (χ1) is 8.58. The van der Waals surface area contributed by atoms with Gasteiger partial charge in [0, 0.05) is 31.3 Å². The van der Waals surface area contributed by atoms with Crippen molar-refractivity contribution < 1.29 is 0 Å². The van der Waals surface area contributed by atoms with Crippen LogP contribution in [0.1, 0.15) is 24.7 Å². The van der Waals surface area contributed by atoms with Crippen molar-refractivity contribution >= 4 is 17.6 Å². The second-order valence-corrected chi connectivity index (χ2v) is 5.65. The maximum absolute atomic E-state index is 4.66. The highest BCUT2D eigenvalue weighted by molar-refractivity contribution is 7.99. The molecule has 0 aliphatic rings. The maximum Gasteiger partial charge on any atom is 0.133 e. The summed E-state index contributed by atoms with van der Waals surface area (Å²) in [5.41, 5.74) is 1.15. The Morgan fingerprint density at radius 2 is 2.00 bits per heavy atom. The highest BCUT2D eigenvalue weighted by Crippen LogP contribution is 2.25. The molecule has 1 aromatic rings. The van der Waals surface area contributed by atoms with E-state index in [0.29, 0.717) is 0 Å². The van der Waals surface area contributed by atoms with Gasteiger partial charge in [-0.2, -0.15) is 0 Å². The third kappa shape index (κ3) is 4.46. The van der Waals surface area contributed by atoms with Crippen LogP contribution in [0.25, 0.3) is 0 Å². The molecule has 18 heavy (non-hydrogen) atoms. The zero-order valence-electron chi connectivity index (χ0n) is 12.1. The van der Waals surface area contributed by atoms with Gasteiger partial charge in [0.05, 0.1) is 0 Å².